The van der Waals surface area contributed by atoms with E-state index >= 15 is 0 Å². The summed E-state index contributed by atoms with van der Waals surface area (Å²) >= 11 is 11.6. The number of rotatable bonds is 4. The van der Waals surface area contributed by atoms with E-state index in [-0.39, 0.29) is 11.8 Å². The Morgan fingerprint density at radius 3 is 1.89 bits per heavy atom. The van der Waals surface area contributed by atoms with Gasteiger partial charge in [-0.3, -0.25) is 4.79 Å². The van der Waals surface area contributed by atoms with Gasteiger partial charge >= 0.3 is 0 Å². The zero-order valence-electron chi connectivity index (χ0n) is 15.4. The van der Waals surface area contributed by atoms with Crippen LogP contribution in [0.5, 0.6) is 0 Å². The predicted octanol–water partition coefficient (Wildman–Crippen LogP) is 4.51. The molecule has 2 fully saturated rings. The van der Waals surface area contributed by atoms with Crippen LogP contribution in [-0.4, -0.2) is 25.5 Å². The van der Waals surface area contributed by atoms with Gasteiger partial charge in [-0.15, -0.1) is 0 Å². The molecular formula is C22H26Cl2N2O. The van der Waals surface area contributed by atoms with Crippen molar-refractivity contribution in [2.45, 2.75) is 25.7 Å². The second-order valence-corrected chi connectivity index (χ2v) is 8.17. The monoisotopic (exact) mass is 404 g/mol. The average Bonchev–Trinajstić information content (AvgIpc) is 3.32. The van der Waals surface area contributed by atoms with Gasteiger partial charge in [0.2, 0.25) is 5.91 Å². The molecule has 0 saturated carbocycles. The zero-order chi connectivity index (χ0) is 19.1. The molecule has 0 bridgehead atoms. The van der Waals surface area contributed by atoms with Crippen LogP contribution in [0.1, 0.15) is 24.0 Å². The highest BCUT2D eigenvalue weighted by atomic mass is 35.5. The van der Waals surface area contributed by atoms with Crippen LogP contribution < -0.4 is 10.6 Å². The average molecular weight is 405 g/mol. The fourth-order valence-corrected chi connectivity index (χ4v) is 3.84. The predicted molar refractivity (Wildman–Crippen MR) is 112 cm³/mol. The first kappa shape index (κ1) is 20.2. The van der Waals surface area contributed by atoms with E-state index in [9.17, 15) is 4.79 Å². The molecule has 2 aromatic rings. The van der Waals surface area contributed by atoms with E-state index in [4.69, 9.17) is 23.2 Å². The van der Waals surface area contributed by atoms with Gasteiger partial charge in [0.25, 0.3) is 0 Å². The van der Waals surface area contributed by atoms with Crippen LogP contribution in [0.15, 0.2) is 48.5 Å². The second kappa shape index (κ2) is 10.1. The number of amides is 1. The normalized spacial score (nSPS) is 21.5. The topological polar surface area (TPSA) is 41.1 Å². The van der Waals surface area contributed by atoms with Crippen molar-refractivity contribution in [3.63, 3.8) is 0 Å². The maximum atomic E-state index is 11.3. The molecule has 2 heterocycles. The molecule has 2 aromatic carbocycles. The Kier molecular flexibility index (Phi) is 7.57. The molecule has 2 unspecified atom stereocenters. The molecular weight excluding hydrogens is 379 g/mol. The highest BCUT2D eigenvalue weighted by Gasteiger charge is 2.23. The Balaban J connectivity index is 0.000000156. The maximum Gasteiger partial charge on any atom is 0.223 e. The van der Waals surface area contributed by atoms with Gasteiger partial charge in [0, 0.05) is 22.5 Å². The third kappa shape index (κ3) is 6.53. The van der Waals surface area contributed by atoms with Crippen molar-refractivity contribution in [1.82, 2.24) is 10.6 Å². The van der Waals surface area contributed by atoms with Crippen molar-refractivity contribution in [3.8, 4) is 0 Å². The first-order valence-electron chi connectivity index (χ1n) is 9.57. The molecule has 4 rings (SSSR count). The molecule has 5 heteroatoms. The van der Waals surface area contributed by atoms with Gasteiger partial charge in [-0.05, 0) is 80.1 Å². The van der Waals surface area contributed by atoms with Crippen LogP contribution in [0, 0.1) is 11.8 Å². The summed E-state index contributed by atoms with van der Waals surface area (Å²) < 4.78 is 0. The van der Waals surface area contributed by atoms with Gasteiger partial charge in [0.1, 0.15) is 0 Å². The third-order valence-electron chi connectivity index (χ3n) is 5.16. The Morgan fingerprint density at radius 1 is 0.815 bits per heavy atom. The van der Waals surface area contributed by atoms with E-state index in [2.05, 4.69) is 22.8 Å². The van der Waals surface area contributed by atoms with E-state index < -0.39 is 0 Å². The van der Waals surface area contributed by atoms with Crippen LogP contribution in [-0.2, 0) is 17.6 Å². The lowest BCUT2D eigenvalue weighted by molar-refractivity contribution is -0.122. The molecule has 2 aliphatic rings. The summed E-state index contributed by atoms with van der Waals surface area (Å²) in [4.78, 5) is 11.3. The van der Waals surface area contributed by atoms with Crippen molar-refractivity contribution in [2.24, 2.45) is 11.8 Å². The Bertz CT molecular complexity index is 725. The van der Waals surface area contributed by atoms with E-state index in [1.807, 2.05) is 36.4 Å². The lowest BCUT2D eigenvalue weighted by Gasteiger charge is -2.07. The summed E-state index contributed by atoms with van der Waals surface area (Å²) in [5.74, 6) is 1.15. The summed E-state index contributed by atoms with van der Waals surface area (Å²) in [7, 11) is 0. The van der Waals surface area contributed by atoms with E-state index in [1.54, 1.807) is 0 Å². The molecule has 0 spiro atoms. The van der Waals surface area contributed by atoms with Crippen molar-refractivity contribution in [3.05, 3.63) is 69.7 Å². The number of halogens is 2. The SMILES string of the molecule is Clc1ccc(CC2CCNC2)cc1.O=C1NCCC1Cc1ccc(Cl)cc1. The molecule has 144 valence electrons. The number of nitrogens with one attached hydrogen (secondary N) is 2. The van der Waals surface area contributed by atoms with Gasteiger partial charge in [-0.2, -0.15) is 0 Å². The van der Waals surface area contributed by atoms with E-state index in [0.29, 0.717) is 0 Å². The molecule has 2 aliphatic heterocycles. The number of carbonyl (C=O) groups excluding carboxylic acids is 1. The minimum atomic E-state index is 0.149. The molecule has 2 atom stereocenters. The molecule has 2 N–H and O–H groups in total. The second-order valence-electron chi connectivity index (χ2n) is 7.30. The third-order valence-corrected chi connectivity index (χ3v) is 5.66. The molecule has 0 aromatic heterocycles. The summed E-state index contributed by atoms with van der Waals surface area (Å²) in [5, 5.41) is 7.78. The maximum absolute atomic E-state index is 11.3. The number of benzene rings is 2. The van der Waals surface area contributed by atoms with Gasteiger partial charge in [-0.1, -0.05) is 47.5 Å². The van der Waals surface area contributed by atoms with Crippen LogP contribution in [0.2, 0.25) is 10.0 Å². The Morgan fingerprint density at radius 2 is 1.41 bits per heavy atom. The van der Waals surface area contributed by atoms with Crippen molar-refractivity contribution in [2.75, 3.05) is 19.6 Å². The quantitative estimate of drug-likeness (QED) is 0.786. The summed E-state index contributed by atoms with van der Waals surface area (Å²) in [5.41, 5.74) is 2.58. The van der Waals surface area contributed by atoms with Crippen LogP contribution in [0.25, 0.3) is 0 Å². The van der Waals surface area contributed by atoms with Crippen molar-refractivity contribution in [1.29, 1.82) is 0 Å². The van der Waals surface area contributed by atoms with Gasteiger partial charge in [0.15, 0.2) is 0 Å². The highest BCUT2D eigenvalue weighted by molar-refractivity contribution is 6.30. The van der Waals surface area contributed by atoms with Crippen LogP contribution in [0.3, 0.4) is 0 Å². The zero-order valence-corrected chi connectivity index (χ0v) is 16.9. The lowest BCUT2D eigenvalue weighted by Crippen LogP contribution is -2.20. The Labute approximate surface area is 171 Å². The lowest BCUT2D eigenvalue weighted by atomic mass is 9.98. The van der Waals surface area contributed by atoms with Crippen molar-refractivity contribution < 1.29 is 4.79 Å². The number of hydrogen-bond acceptors (Lipinski definition) is 2. The highest BCUT2D eigenvalue weighted by Crippen LogP contribution is 2.18. The van der Waals surface area contributed by atoms with Crippen LogP contribution in [0.4, 0.5) is 0 Å². The Hall–Kier alpha value is -1.55. The molecule has 0 aliphatic carbocycles. The molecule has 2 saturated heterocycles. The summed E-state index contributed by atoms with van der Waals surface area (Å²) in [6.07, 6.45) is 4.26. The smallest absolute Gasteiger partial charge is 0.223 e. The van der Waals surface area contributed by atoms with E-state index in [0.717, 1.165) is 35.3 Å². The molecule has 27 heavy (non-hydrogen) atoms. The minimum Gasteiger partial charge on any atom is -0.356 e. The largest absolute Gasteiger partial charge is 0.356 e. The minimum absolute atomic E-state index is 0.149. The fraction of sp³-hybridized carbons (Fsp3) is 0.409. The fourth-order valence-electron chi connectivity index (χ4n) is 3.59. The van der Waals surface area contributed by atoms with Crippen LogP contribution >= 0.6 is 23.2 Å². The number of hydrogen-bond donors (Lipinski definition) is 2. The molecule has 3 nitrogen and oxygen atoms in total. The van der Waals surface area contributed by atoms with Gasteiger partial charge < -0.3 is 10.6 Å². The molecule has 0 radical (unpaired) electrons. The molecule has 1 amide bonds. The van der Waals surface area contributed by atoms with Gasteiger partial charge in [0.05, 0.1) is 0 Å². The number of carbonyl (C=O) groups is 1. The van der Waals surface area contributed by atoms with Crippen molar-refractivity contribution >= 4 is 29.1 Å². The first-order chi connectivity index (χ1) is 13.1. The summed E-state index contributed by atoms with van der Waals surface area (Å²) in [6.45, 7) is 3.16. The van der Waals surface area contributed by atoms with E-state index in [1.165, 1.54) is 37.1 Å². The summed E-state index contributed by atoms with van der Waals surface area (Å²) in [6, 6.07) is 15.9. The standard InChI is InChI=1S/C11H12ClNO.C11H14ClN/c12-10-3-1-8(2-4-10)7-9-5-6-13-11(9)14;12-11-3-1-9(2-4-11)7-10-5-6-13-8-10/h1-4,9H,5-7H2,(H,13,14);1-4,10,13H,5-8H2. The first-order valence-corrected chi connectivity index (χ1v) is 10.3. The van der Waals surface area contributed by atoms with Gasteiger partial charge in [-0.25, -0.2) is 0 Å².